The Bertz CT molecular complexity index is 369. The quantitative estimate of drug-likeness (QED) is 0.535. The summed E-state index contributed by atoms with van der Waals surface area (Å²) in [4.78, 5) is 15.6. The first kappa shape index (κ1) is 14.4. The predicted octanol–water partition coefficient (Wildman–Crippen LogP) is 1.03. The smallest absolute Gasteiger partial charge is 0.349 e. The van der Waals surface area contributed by atoms with Crippen molar-refractivity contribution in [2.45, 2.75) is 25.6 Å². The van der Waals surface area contributed by atoms with Crippen LogP contribution in [0.15, 0.2) is 6.20 Å². The van der Waals surface area contributed by atoms with Crippen LogP contribution in [0.5, 0.6) is 0 Å². The molecule has 0 fully saturated rings. The highest BCUT2D eigenvalue weighted by Gasteiger charge is 2.22. The van der Waals surface area contributed by atoms with E-state index in [0.29, 0.717) is 22.1 Å². The van der Waals surface area contributed by atoms with Crippen molar-refractivity contribution in [3.8, 4) is 0 Å². The molecule has 1 heterocycles. The Morgan fingerprint density at radius 2 is 2.35 bits per heavy atom. The highest BCUT2D eigenvalue weighted by Crippen LogP contribution is 2.24. The molecule has 96 valence electrons. The number of aromatic nitrogens is 1. The fourth-order valence-corrected chi connectivity index (χ4v) is 2.30. The lowest BCUT2D eigenvalue weighted by Gasteiger charge is -2.13. The van der Waals surface area contributed by atoms with Gasteiger partial charge in [0.2, 0.25) is 0 Å². The molecule has 2 N–H and O–H groups in total. The van der Waals surface area contributed by atoms with Gasteiger partial charge in [-0.15, -0.1) is 11.3 Å². The Labute approximate surface area is 109 Å². The first-order valence-electron chi connectivity index (χ1n) is 5.20. The third-order valence-electron chi connectivity index (χ3n) is 2.04. The number of nitrogens with zero attached hydrogens (tertiary/aromatic N) is 1. The number of carbonyl (C=O) groups excluding carboxylic acids is 1. The molecule has 0 amide bonds. The SMILES string of the molecule is CCOC(=O)c1cnc(C(O)C(O)CCS)s1. The zero-order valence-corrected chi connectivity index (χ0v) is 11.1. The van der Waals surface area contributed by atoms with E-state index in [1.165, 1.54) is 6.20 Å². The summed E-state index contributed by atoms with van der Waals surface area (Å²) in [5.74, 6) is 0.000987. The third-order valence-corrected chi connectivity index (χ3v) is 3.35. The Morgan fingerprint density at radius 3 is 2.94 bits per heavy atom. The molecule has 0 aromatic carbocycles. The van der Waals surface area contributed by atoms with Crippen molar-refractivity contribution in [2.75, 3.05) is 12.4 Å². The van der Waals surface area contributed by atoms with Crippen LogP contribution in [0.1, 0.15) is 34.1 Å². The number of esters is 1. The molecular formula is C10H15NO4S2. The number of hydrogen-bond acceptors (Lipinski definition) is 7. The lowest BCUT2D eigenvalue weighted by atomic mass is 10.2. The van der Waals surface area contributed by atoms with Gasteiger partial charge in [0.05, 0.1) is 18.9 Å². The van der Waals surface area contributed by atoms with Crippen molar-refractivity contribution in [1.82, 2.24) is 4.98 Å². The lowest BCUT2D eigenvalue weighted by Crippen LogP contribution is -2.18. The van der Waals surface area contributed by atoms with Crippen LogP contribution in [-0.4, -0.2) is 39.6 Å². The summed E-state index contributed by atoms with van der Waals surface area (Å²) >= 11 is 4.99. The van der Waals surface area contributed by atoms with Crippen LogP contribution in [-0.2, 0) is 4.74 Å². The highest BCUT2D eigenvalue weighted by molar-refractivity contribution is 7.80. The van der Waals surface area contributed by atoms with E-state index in [1.807, 2.05) is 0 Å². The molecule has 0 aliphatic heterocycles. The van der Waals surface area contributed by atoms with E-state index in [-0.39, 0.29) is 6.61 Å². The molecule has 0 aliphatic carbocycles. The third kappa shape index (κ3) is 3.95. The molecule has 2 unspecified atom stereocenters. The summed E-state index contributed by atoms with van der Waals surface area (Å²) in [5.41, 5.74) is 0. The molecule has 0 saturated heterocycles. The molecule has 1 aromatic rings. The largest absolute Gasteiger partial charge is 0.462 e. The fourth-order valence-electron chi connectivity index (χ4n) is 1.18. The van der Waals surface area contributed by atoms with Gasteiger partial charge in [-0.1, -0.05) is 0 Å². The second kappa shape index (κ2) is 6.95. The van der Waals surface area contributed by atoms with Crippen LogP contribution >= 0.6 is 24.0 Å². The highest BCUT2D eigenvalue weighted by atomic mass is 32.1. The second-order valence-electron chi connectivity index (χ2n) is 3.31. The topological polar surface area (TPSA) is 79.7 Å². The summed E-state index contributed by atoms with van der Waals surface area (Å²) < 4.78 is 4.80. The van der Waals surface area contributed by atoms with Crippen LogP contribution in [0.3, 0.4) is 0 Å². The molecule has 5 nitrogen and oxygen atoms in total. The summed E-state index contributed by atoms with van der Waals surface area (Å²) in [7, 11) is 0. The number of hydrogen-bond donors (Lipinski definition) is 3. The van der Waals surface area contributed by atoms with E-state index >= 15 is 0 Å². The first-order valence-corrected chi connectivity index (χ1v) is 6.64. The molecule has 7 heteroatoms. The molecule has 2 atom stereocenters. The molecule has 0 aliphatic rings. The molecule has 1 rings (SSSR count). The van der Waals surface area contributed by atoms with Crippen LogP contribution in [0.4, 0.5) is 0 Å². The number of rotatable bonds is 6. The first-order chi connectivity index (χ1) is 8.10. The molecular weight excluding hydrogens is 262 g/mol. The van der Waals surface area contributed by atoms with Gasteiger partial charge in [0, 0.05) is 0 Å². The van der Waals surface area contributed by atoms with E-state index in [4.69, 9.17) is 4.74 Å². The minimum absolute atomic E-state index is 0.289. The summed E-state index contributed by atoms with van der Waals surface area (Å²) in [6, 6.07) is 0. The molecule has 0 radical (unpaired) electrons. The fraction of sp³-hybridized carbons (Fsp3) is 0.600. The van der Waals surface area contributed by atoms with Crippen LogP contribution in [0.25, 0.3) is 0 Å². The maximum atomic E-state index is 11.4. The monoisotopic (exact) mass is 277 g/mol. The number of thiazole rings is 1. The number of thiol groups is 1. The van der Waals surface area contributed by atoms with Crippen molar-refractivity contribution < 1.29 is 19.7 Å². The Morgan fingerprint density at radius 1 is 1.65 bits per heavy atom. The number of aliphatic hydroxyl groups is 2. The van der Waals surface area contributed by atoms with Crippen LogP contribution in [0, 0.1) is 0 Å². The average Bonchev–Trinajstić information content (AvgIpc) is 2.78. The van der Waals surface area contributed by atoms with Crippen LogP contribution < -0.4 is 0 Å². The molecule has 0 bridgehead atoms. The van der Waals surface area contributed by atoms with Crippen LogP contribution in [0.2, 0.25) is 0 Å². The maximum Gasteiger partial charge on any atom is 0.349 e. The summed E-state index contributed by atoms with van der Waals surface area (Å²) in [6.45, 7) is 2.00. The normalized spacial score (nSPS) is 14.4. The number of aliphatic hydroxyl groups excluding tert-OH is 2. The summed E-state index contributed by atoms with van der Waals surface area (Å²) in [6.07, 6.45) is -0.309. The summed E-state index contributed by atoms with van der Waals surface area (Å²) in [5, 5.41) is 19.6. The van der Waals surface area contributed by atoms with Gasteiger partial charge in [-0.25, -0.2) is 9.78 Å². The van der Waals surface area contributed by atoms with E-state index in [9.17, 15) is 15.0 Å². The molecule has 1 aromatic heterocycles. The van der Waals surface area contributed by atoms with Gasteiger partial charge in [0.1, 0.15) is 16.0 Å². The van der Waals surface area contributed by atoms with Crippen molar-refractivity contribution >= 4 is 29.9 Å². The zero-order valence-electron chi connectivity index (χ0n) is 9.37. The minimum atomic E-state index is -1.09. The van der Waals surface area contributed by atoms with Gasteiger partial charge in [-0.05, 0) is 19.1 Å². The number of carbonyl (C=O) groups is 1. The number of ether oxygens (including phenoxy) is 1. The van der Waals surface area contributed by atoms with Gasteiger partial charge in [0.15, 0.2) is 0 Å². The maximum absolute atomic E-state index is 11.4. The van der Waals surface area contributed by atoms with Gasteiger partial charge < -0.3 is 14.9 Å². The standard InChI is InChI=1S/C10H15NO4S2/c1-2-15-10(14)7-5-11-9(17-7)8(13)6(12)3-4-16/h5-6,8,12-13,16H,2-4H2,1H3. The molecule has 0 saturated carbocycles. The van der Waals surface area contributed by atoms with Gasteiger partial charge in [0.25, 0.3) is 0 Å². The lowest BCUT2D eigenvalue weighted by molar-refractivity contribution is 0.0171. The van der Waals surface area contributed by atoms with E-state index in [1.54, 1.807) is 6.92 Å². The van der Waals surface area contributed by atoms with Gasteiger partial charge in [-0.2, -0.15) is 12.6 Å². The van der Waals surface area contributed by atoms with Crippen molar-refractivity contribution in [1.29, 1.82) is 0 Å². The van der Waals surface area contributed by atoms with Gasteiger partial charge in [-0.3, -0.25) is 0 Å². The average molecular weight is 277 g/mol. The van der Waals surface area contributed by atoms with Crippen molar-refractivity contribution in [3.05, 3.63) is 16.1 Å². The predicted molar refractivity (Wildman–Crippen MR) is 67.5 cm³/mol. The van der Waals surface area contributed by atoms with E-state index in [2.05, 4.69) is 17.6 Å². The van der Waals surface area contributed by atoms with Crippen molar-refractivity contribution in [2.24, 2.45) is 0 Å². The molecule has 17 heavy (non-hydrogen) atoms. The Hall–Kier alpha value is -0.630. The van der Waals surface area contributed by atoms with Gasteiger partial charge >= 0.3 is 5.97 Å². The molecule has 0 spiro atoms. The second-order valence-corrected chi connectivity index (χ2v) is 4.82. The van der Waals surface area contributed by atoms with E-state index in [0.717, 1.165) is 11.3 Å². The zero-order chi connectivity index (χ0) is 12.8. The van der Waals surface area contributed by atoms with Crippen molar-refractivity contribution in [3.63, 3.8) is 0 Å². The minimum Gasteiger partial charge on any atom is -0.462 e. The van der Waals surface area contributed by atoms with E-state index < -0.39 is 18.2 Å². The Kier molecular flexibility index (Phi) is 5.90. The Balaban J connectivity index is 2.70.